The van der Waals surface area contributed by atoms with Crippen LogP contribution in [0.4, 0.5) is 0 Å². The normalized spacial score (nSPS) is 14.8. The Balaban J connectivity index is 1.68. The highest BCUT2D eigenvalue weighted by atomic mass is 32.1. The van der Waals surface area contributed by atoms with Crippen molar-refractivity contribution in [2.24, 2.45) is 0 Å². The van der Waals surface area contributed by atoms with E-state index in [0.717, 1.165) is 47.3 Å². The van der Waals surface area contributed by atoms with Gasteiger partial charge in [0, 0.05) is 17.5 Å². The summed E-state index contributed by atoms with van der Waals surface area (Å²) in [5.41, 5.74) is 2.99. The zero-order chi connectivity index (χ0) is 22.3. The van der Waals surface area contributed by atoms with Crippen LogP contribution in [-0.4, -0.2) is 22.8 Å². The van der Waals surface area contributed by atoms with Gasteiger partial charge >= 0.3 is 0 Å². The van der Waals surface area contributed by atoms with Crippen LogP contribution in [0.2, 0.25) is 0 Å². The third-order valence-corrected chi connectivity index (χ3v) is 6.95. The van der Waals surface area contributed by atoms with Gasteiger partial charge in [-0.1, -0.05) is 79.1 Å². The van der Waals surface area contributed by atoms with Crippen LogP contribution in [0.5, 0.6) is 0 Å². The van der Waals surface area contributed by atoms with E-state index in [1.165, 1.54) is 0 Å². The molecule has 1 saturated carbocycles. The van der Waals surface area contributed by atoms with Gasteiger partial charge in [-0.2, -0.15) is 0 Å². The first kappa shape index (κ1) is 22.3. The molecule has 166 valence electrons. The summed E-state index contributed by atoms with van der Waals surface area (Å²) in [6, 6.07) is 21.4. The first-order chi connectivity index (χ1) is 15.6. The van der Waals surface area contributed by atoms with Crippen molar-refractivity contribution in [3.63, 3.8) is 0 Å². The van der Waals surface area contributed by atoms with Crippen LogP contribution in [-0.2, 0) is 22.6 Å². The quantitative estimate of drug-likeness (QED) is 0.502. The molecule has 1 atom stereocenters. The Kier molecular flexibility index (Phi) is 7.38. The molecule has 5 heteroatoms. The predicted octanol–water partition coefficient (Wildman–Crippen LogP) is 5.43. The second-order valence-corrected chi connectivity index (χ2v) is 9.60. The molecule has 3 aromatic rings. The van der Waals surface area contributed by atoms with Crippen LogP contribution in [0, 0.1) is 6.92 Å². The van der Waals surface area contributed by atoms with Crippen molar-refractivity contribution >= 4 is 23.2 Å². The minimum absolute atomic E-state index is 0.0385. The monoisotopic (exact) mass is 446 g/mol. The zero-order valence-electron chi connectivity index (χ0n) is 18.5. The van der Waals surface area contributed by atoms with Crippen LogP contribution in [0.25, 0.3) is 0 Å². The summed E-state index contributed by atoms with van der Waals surface area (Å²) >= 11 is 1.57. The lowest BCUT2D eigenvalue weighted by Gasteiger charge is -2.32. The summed E-state index contributed by atoms with van der Waals surface area (Å²) < 4.78 is 0. The number of aryl methyl sites for hydroxylation is 1. The van der Waals surface area contributed by atoms with Gasteiger partial charge in [0.05, 0.1) is 6.42 Å². The molecule has 4 nitrogen and oxygen atoms in total. The van der Waals surface area contributed by atoms with Gasteiger partial charge in [0.1, 0.15) is 6.04 Å². The Labute approximate surface area is 194 Å². The molecule has 1 aromatic heterocycles. The van der Waals surface area contributed by atoms with Crippen molar-refractivity contribution in [2.45, 2.75) is 57.7 Å². The molecule has 1 N–H and O–H groups in total. The summed E-state index contributed by atoms with van der Waals surface area (Å²) in [6.45, 7) is 2.42. The smallest absolute Gasteiger partial charge is 0.247 e. The average molecular weight is 447 g/mol. The van der Waals surface area contributed by atoms with Crippen molar-refractivity contribution in [2.75, 3.05) is 0 Å². The Hall–Kier alpha value is -2.92. The summed E-state index contributed by atoms with van der Waals surface area (Å²) in [7, 11) is 0. The molecule has 0 saturated heterocycles. The molecular weight excluding hydrogens is 416 g/mol. The van der Waals surface area contributed by atoms with Crippen LogP contribution >= 0.6 is 11.3 Å². The number of thiophene rings is 1. The summed E-state index contributed by atoms with van der Waals surface area (Å²) in [6.07, 6.45) is 4.60. The summed E-state index contributed by atoms with van der Waals surface area (Å²) in [5.74, 6) is -0.125. The standard InChI is InChI=1S/C27H30N2O2S/c1-20-13-15-22(16-14-20)26(27(31)28-23-10-5-6-11-23)29(19-21-8-3-2-4-9-21)25(30)18-24-12-7-17-32-24/h2-4,7-9,12-17,23,26H,5-6,10-11,18-19H2,1H3,(H,28,31)/t26-/m0/s1. The summed E-state index contributed by atoms with van der Waals surface area (Å²) in [5, 5.41) is 5.22. The first-order valence-corrected chi connectivity index (χ1v) is 12.2. The third kappa shape index (κ3) is 5.65. The zero-order valence-corrected chi connectivity index (χ0v) is 19.3. The maximum absolute atomic E-state index is 13.6. The van der Waals surface area contributed by atoms with Gasteiger partial charge in [-0.3, -0.25) is 9.59 Å². The number of nitrogens with zero attached hydrogens (tertiary/aromatic N) is 1. The third-order valence-electron chi connectivity index (χ3n) is 6.08. The van der Waals surface area contributed by atoms with E-state index in [9.17, 15) is 9.59 Å². The topological polar surface area (TPSA) is 49.4 Å². The average Bonchev–Trinajstić information content (AvgIpc) is 3.50. The number of rotatable bonds is 8. The molecular formula is C27H30N2O2S. The lowest BCUT2D eigenvalue weighted by Crippen LogP contribution is -2.46. The number of benzene rings is 2. The van der Waals surface area contributed by atoms with E-state index in [-0.39, 0.29) is 17.9 Å². The SMILES string of the molecule is Cc1ccc([C@@H](C(=O)NC2CCCC2)N(Cc2ccccc2)C(=O)Cc2cccs2)cc1. The minimum Gasteiger partial charge on any atom is -0.351 e. The summed E-state index contributed by atoms with van der Waals surface area (Å²) in [4.78, 5) is 30.0. The molecule has 32 heavy (non-hydrogen) atoms. The molecule has 1 fully saturated rings. The van der Waals surface area contributed by atoms with Gasteiger partial charge in [0.25, 0.3) is 0 Å². The second kappa shape index (κ2) is 10.6. The van der Waals surface area contributed by atoms with E-state index < -0.39 is 6.04 Å². The van der Waals surface area contributed by atoms with E-state index in [1.54, 1.807) is 16.2 Å². The molecule has 0 unspecified atom stereocenters. The molecule has 1 heterocycles. The number of hydrogen-bond acceptors (Lipinski definition) is 3. The van der Waals surface area contributed by atoms with Crippen molar-refractivity contribution in [3.05, 3.63) is 93.7 Å². The molecule has 2 aromatic carbocycles. The highest BCUT2D eigenvalue weighted by Crippen LogP contribution is 2.27. The van der Waals surface area contributed by atoms with E-state index >= 15 is 0 Å². The fraction of sp³-hybridized carbons (Fsp3) is 0.333. The first-order valence-electron chi connectivity index (χ1n) is 11.3. The van der Waals surface area contributed by atoms with E-state index in [2.05, 4.69) is 5.32 Å². The maximum Gasteiger partial charge on any atom is 0.247 e. The Morgan fingerprint density at radius 2 is 1.72 bits per heavy atom. The Morgan fingerprint density at radius 3 is 2.38 bits per heavy atom. The lowest BCUT2D eigenvalue weighted by molar-refractivity contribution is -0.141. The van der Waals surface area contributed by atoms with E-state index in [1.807, 2.05) is 79.0 Å². The van der Waals surface area contributed by atoms with Crippen LogP contribution in [0.15, 0.2) is 72.1 Å². The van der Waals surface area contributed by atoms with Crippen LogP contribution in [0.1, 0.15) is 53.3 Å². The van der Waals surface area contributed by atoms with Crippen molar-refractivity contribution in [1.82, 2.24) is 10.2 Å². The molecule has 0 radical (unpaired) electrons. The van der Waals surface area contributed by atoms with Crippen LogP contribution in [0.3, 0.4) is 0 Å². The van der Waals surface area contributed by atoms with Gasteiger partial charge in [-0.05, 0) is 42.3 Å². The van der Waals surface area contributed by atoms with E-state index in [0.29, 0.717) is 13.0 Å². The highest BCUT2D eigenvalue weighted by molar-refractivity contribution is 7.10. The lowest BCUT2D eigenvalue weighted by atomic mass is 10.0. The van der Waals surface area contributed by atoms with Crippen molar-refractivity contribution < 1.29 is 9.59 Å². The van der Waals surface area contributed by atoms with Crippen molar-refractivity contribution in [3.8, 4) is 0 Å². The Morgan fingerprint density at radius 1 is 1.00 bits per heavy atom. The fourth-order valence-electron chi connectivity index (χ4n) is 4.34. The number of amides is 2. The molecule has 2 amide bonds. The molecule has 0 bridgehead atoms. The molecule has 0 aliphatic heterocycles. The maximum atomic E-state index is 13.6. The number of hydrogen-bond donors (Lipinski definition) is 1. The molecule has 1 aliphatic carbocycles. The molecule has 1 aliphatic rings. The van der Waals surface area contributed by atoms with Crippen LogP contribution < -0.4 is 5.32 Å². The van der Waals surface area contributed by atoms with Gasteiger partial charge in [0.2, 0.25) is 11.8 Å². The van der Waals surface area contributed by atoms with Gasteiger partial charge in [-0.15, -0.1) is 11.3 Å². The second-order valence-electron chi connectivity index (χ2n) is 8.57. The largest absolute Gasteiger partial charge is 0.351 e. The molecule has 0 spiro atoms. The number of nitrogens with one attached hydrogen (secondary N) is 1. The molecule has 4 rings (SSSR count). The number of carbonyl (C=O) groups excluding carboxylic acids is 2. The van der Waals surface area contributed by atoms with E-state index in [4.69, 9.17) is 0 Å². The van der Waals surface area contributed by atoms with Gasteiger partial charge in [-0.25, -0.2) is 0 Å². The van der Waals surface area contributed by atoms with Gasteiger partial charge < -0.3 is 10.2 Å². The van der Waals surface area contributed by atoms with Crippen molar-refractivity contribution in [1.29, 1.82) is 0 Å². The minimum atomic E-state index is -0.663. The highest BCUT2D eigenvalue weighted by Gasteiger charge is 2.33. The predicted molar refractivity (Wildman–Crippen MR) is 129 cm³/mol. The number of carbonyl (C=O) groups is 2. The fourth-order valence-corrected chi connectivity index (χ4v) is 5.04. The van der Waals surface area contributed by atoms with Gasteiger partial charge in [0.15, 0.2) is 0 Å². The Bertz CT molecular complexity index is 1010.